The van der Waals surface area contributed by atoms with Crippen molar-refractivity contribution in [2.45, 2.75) is 46.0 Å². The van der Waals surface area contributed by atoms with Crippen molar-refractivity contribution in [1.82, 2.24) is 14.9 Å². The van der Waals surface area contributed by atoms with Gasteiger partial charge in [0.15, 0.2) is 0 Å². The van der Waals surface area contributed by atoms with Gasteiger partial charge in [0.2, 0.25) is 0 Å². The van der Waals surface area contributed by atoms with Crippen LogP contribution in [0, 0.1) is 20.8 Å². The Labute approximate surface area is 139 Å². The van der Waals surface area contributed by atoms with Gasteiger partial charge in [-0.15, -0.1) is 11.3 Å². The van der Waals surface area contributed by atoms with Gasteiger partial charge in [0.1, 0.15) is 5.76 Å². The number of rotatable bonds is 3. The second-order valence-corrected chi connectivity index (χ2v) is 7.39. The van der Waals surface area contributed by atoms with Crippen molar-refractivity contribution < 1.29 is 9.21 Å². The standard InChI is InChI=1S/C16H22N4O2S/c1-9-10(2)22-15(17-9)19-16(21)20(4)8-12-6-5-7-13-14(12)18-11(3)23-13/h12H,5-8H2,1-4H3,(H,17,19,21). The van der Waals surface area contributed by atoms with Gasteiger partial charge in [0.25, 0.3) is 0 Å². The molecule has 2 aromatic heterocycles. The van der Waals surface area contributed by atoms with Crippen molar-refractivity contribution in [2.75, 3.05) is 18.9 Å². The lowest BCUT2D eigenvalue weighted by molar-refractivity contribution is 0.217. The number of anilines is 1. The molecule has 1 atom stereocenters. The normalized spacial score (nSPS) is 17.0. The molecule has 1 aliphatic carbocycles. The Balaban J connectivity index is 1.65. The molecule has 1 unspecified atom stereocenters. The lowest BCUT2D eigenvalue weighted by Gasteiger charge is -2.26. The Morgan fingerprint density at radius 3 is 2.87 bits per heavy atom. The van der Waals surface area contributed by atoms with Crippen LogP contribution >= 0.6 is 11.3 Å². The van der Waals surface area contributed by atoms with E-state index in [9.17, 15) is 4.79 Å². The highest BCUT2D eigenvalue weighted by Gasteiger charge is 2.26. The third-order valence-electron chi connectivity index (χ3n) is 4.26. The van der Waals surface area contributed by atoms with Gasteiger partial charge in [-0.1, -0.05) is 0 Å². The van der Waals surface area contributed by atoms with Gasteiger partial charge in [0, 0.05) is 24.4 Å². The summed E-state index contributed by atoms with van der Waals surface area (Å²) in [6.45, 7) is 6.38. The van der Waals surface area contributed by atoms with Crippen molar-refractivity contribution in [2.24, 2.45) is 0 Å². The monoisotopic (exact) mass is 334 g/mol. The van der Waals surface area contributed by atoms with Crippen molar-refractivity contribution in [3.8, 4) is 0 Å². The van der Waals surface area contributed by atoms with Crippen LogP contribution in [0.15, 0.2) is 4.42 Å². The van der Waals surface area contributed by atoms with Gasteiger partial charge in [-0.05, 0) is 40.0 Å². The second-order valence-electron chi connectivity index (χ2n) is 6.10. The van der Waals surface area contributed by atoms with Gasteiger partial charge in [-0.25, -0.2) is 9.78 Å². The number of hydrogen-bond donors (Lipinski definition) is 1. The van der Waals surface area contributed by atoms with Crippen molar-refractivity contribution in [3.05, 3.63) is 27.0 Å². The number of hydrogen-bond acceptors (Lipinski definition) is 5. The zero-order valence-electron chi connectivity index (χ0n) is 14.0. The highest BCUT2D eigenvalue weighted by Crippen LogP contribution is 2.35. The molecule has 7 heteroatoms. The number of aryl methyl sites for hydroxylation is 4. The third kappa shape index (κ3) is 3.39. The summed E-state index contributed by atoms with van der Waals surface area (Å²) in [5, 5.41) is 3.82. The predicted molar refractivity (Wildman–Crippen MR) is 90.2 cm³/mol. The smallest absolute Gasteiger partial charge is 0.325 e. The van der Waals surface area contributed by atoms with Gasteiger partial charge in [-0.2, -0.15) is 4.98 Å². The first-order valence-corrected chi connectivity index (χ1v) is 8.68. The predicted octanol–water partition coefficient (Wildman–Crippen LogP) is 3.64. The fraction of sp³-hybridized carbons (Fsp3) is 0.562. The van der Waals surface area contributed by atoms with Crippen LogP contribution in [0.25, 0.3) is 0 Å². The molecule has 2 aromatic rings. The van der Waals surface area contributed by atoms with E-state index in [1.54, 1.807) is 23.3 Å². The number of likely N-dealkylation sites (N-methyl/N-ethyl adjacent to an activating group) is 1. The molecule has 0 aliphatic heterocycles. The Bertz CT molecular complexity index is 702. The van der Waals surface area contributed by atoms with Crippen LogP contribution in [0.1, 0.15) is 45.8 Å². The number of urea groups is 1. The Morgan fingerprint density at radius 1 is 1.39 bits per heavy atom. The summed E-state index contributed by atoms with van der Waals surface area (Å²) in [5.41, 5.74) is 1.97. The molecule has 1 N–H and O–H groups in total. The molecule has 0 saturated heterocycles. The fourth-order valence-corrected chi connectivity index (χ4v) is 4.00. The van der Waals surface area contributed by atoms with E-state index >= 15 is 0 Å². The first kappa shape index (κ1) is 16.0. The van der Waals surface area contributed by atoms with E-state index < -0.39 is 0 Å². The zero-order chi connectivity index (χ0) is 16.6. The molecule has 23 heavy (non-hydrogen) atoms. The molecule has 124 valence electrons. The number of carbonyl (C=O) groups excluding carboxylic acids is 1. The summed E-state index contributed by atoms with van der Waals surface area (Å²) in [5.74, 6) is 1.03. The van der Waals surface area contributed by atoms with Crippen molar-refractivity contribution in [1.29, 1.82) is 0 Å². The molecule has 0 bridgehead atoms. The van der Waals surface area contributed by atoms with Crippen LogP contribution in [-0.4, -0.2) is 34.5 Å². The first-order valence-electron chi connectivity index (χ1n) is 7.86. The third-order valence-corrected chi connectivity index (χ3v) is 5.31. The van der Waals surface area contributed by atoms with Crippen LogP contribution < -0.4 is 5.32 Å². The number of thiazole rings is 1. The minimum absolute atomic E-state index is 0.203. The number of aromatic nitrogens is 2. The summed E-state index contributed by atoms with van der Waals surface area (Å²) in [4.78, 5) is 24.2. The van der Waals surface area contributed by atoms with E-state index in [4.69, 9.17) is 4.42 Å². The van der Waals surface area contributed by atoms with Gasteiger partial charge in [-0.3, -0.25) is 5.32 Å². The van der Waals surface area contributed by atoms with Crippen LogP contribution in [-0.2, 0) is 6.42 Å². The molecule has 2 amide bonds. The number of amides is 2. The molecule has 3 rings (SSSR count). The van der Waals surface area contributed by atoms with E-state index in [1.807, 2.05) is 20.8 Å². The van der Waals surface area contributed by atoms with Gasteiger partial charge in [0.05, 0.1) is 16.4 Å². The largest absolute Gasteiger partial charge is 0.428 e. The summed E-state index contributed by atoms with van der Waals surface area (Å²) in [7, 11) is 1.80. The summed E-state index contributed by atoms with van der Waals surface area (Å²) in [6.07, 6.45) is 3.35. The lowest BCUT2D eigenvalue weighted by atomic mass is 9.91. The molecular weight excluding hydrogens is 312 g/mol. The minimum atomic E-state index is -0.203. The molecule has 1 aliphatic rings. The maximum Gasteiger partial charge on any atom is 0.325 e. The highest BCUT2D eigenvalue weighted by atomic mass is 32.1. The second kappa shape index (κ2) is 6.31. The number of fused-ring (bicyclic) bond motifs is 1. The Kier molecular flexibility index (Phi) is 4.39. The summed E-state index contributed by atoms with van der Waals surface area (Å²) in [6, 6.07) is 0.0519. The van der Waals surface area contributed by atoms with E-state index in [0.717, 1.165) is 35.7 Å². The first-order chi connectivity index (χ1) is 10.9. The number of oxazole rings is 1. The topological polar surface area (TPSA) is 71.3 Å². The van der Waals surface area contributed by atoms with Crippen LogP contribution in [0.2, 0.25) is 0 Å². The van der Waals surface area contributed by atoms with E-state index in [1.165, 1.54) is 10.6 Å². The molecular formula is C16H22N4O2S. The van der Waals surface area contributed by atoms with Crippen LogP contribution in [0.4, 0.5) is 10.8 Å². The van der Waals surface area contributed by atoms with Crippen molar-refractivity contribution >= 4 is 23.4 Å². The van der Waals surface area contributed by atoms with E-state index in [2.05, 4.69) is 15.3 Å². The highest BCUT2D eigenvalue weighted by molar-refractivity contribution is 7.11. The number of nitrogens with one attached hydrogen (secondary N) is 1. The van der Waals surface area contributed by atoms with Crippen molar-refractivity contribution in [3.63, 3.8) is 0 Å². The minimum Gasteiger partial charge on any atom is -0.428 e. The number of nitrogens with zero attached hydrogens (tertiary/aromatic N) is 3. The molecule has 0 radical (unpaired) electrons. The lowest BCUT2D eigenvalue weighted by Crippen LogP contribution is -2.35. The van der Waals surface area contributed by atoms with E-state index in [0.29, 0.717) is 12.5 Å². The quantitative estimate of drug-likeness (QED) is 0.930. The average molecular weight is 334 g/mol. The Hall–Kier alpha value is -1.89. The molecule has 0 fully saturated rings. The summed E-state index contributed by atoms with van der Waals surface area (Å²) >= 11 is 1.78. The van der Waals surface area contributed by atoms with E-state index in [-0.39, 0.29) is 12.0 Å². The number of carbonyl (C=O) groups is 1. The molecule has 2 heterocycles. The van der Waals surface area contributed by atoms with Gasteiger partial charge < -0.3 is 9.32 Å². The molecule has 0 spiro atoms. The molecule has 6 nitrogen and oxygen atoms in total. The zero-order valence-corrected chi connectivity index (χ0v) is 14.8. The fourth-order valence-electron chi connectivity index (χ4n) is 2.93. The maximum atomic E-state index is 12.3. The Morgan fingerprint density at radius 2 is 2.17 bits per heavy atom. The average Bonchev–Trinajstić information content (AvgIpc) is 3.01. The maximum absolute atomic E-state index is 12.3. The van der Waals surface area contributed by atoms with Crippen LogP contribution in [0.3, 0.4) is 0 Å². The van der Waals surface area contributed by atoms with Gasteiger partial charge >= 0.3 is 12.0 Å². The SMILES string of the molecule is Cc1nc2c(s1)CCCC2CN(C)C(=O)Nc1nc(C)c(C)o1. The molecule has 0 aromatic carbocycles. The molecule has 0 saturated carbocycles. The van der Waals surface area contributed by atoms with Crippen LogP contribution in [0.5, 0.6) is 0 Å². The summed E-state index contributed by atoms with van der Waals surface area (Å²) < 4.78 is 5.40.